The van der Waals surface area contributed by atoms with Crippen LogP contribution in [-0.2, 0) is 4.74 Å². The number of nitrogens with zero attached hydrogens (tertiary/aromatic N) is 3. The van der Waals surface area contributed by atoms with Crippen molar-refractivity contribution in [1.82, 2.24) is 15.1 Å². The van der Waals surface area contributed by atoms with Gasteiger partial charge in [0, 0.05) is 12.2 Å². The molecule has 1 aliphatic heterocycles. The lowest BCUT2D eigenvalue weighted by Gasteiger charge is -2.23. The highest BCUT2D eigenvalue weighted by Crippen LogP contribution is 2.34. The van der Waals surface area contributed by atoms with Crippen LogP contribution in [0.15, 0.2) is 48.5 Å². The number of carbonyl (C=O) groups excluding carboxylic acids is 3. The quantitative estimate of drug-likeness (QED) is 0.500. The van der Waals surface area contributed by atoms with Gasteiger partial charge in [0.2, 0.25) is 5.01 Å². The Hall–Kier alpha value is -3.86. The van der Waals surface area contributed by atoms with Gasteiger partial charge in [-0.3, -0.25) is 4.79 Å². The number of amides is 3. The first-order chi connectivity index (χ1) is 16.5. The maximum atomic E-state index is 13.4. The second kappa shape index (κ2) is 10.4. The number of nitrogens with one attached hydrogen (secondary N) is 2. The van der Waals surface area contributed by atoms with Gasteiger partial charge in [0.25, 0.3) is 5.91 Å². The molecule has 3 amide bonds. The number of ether oxygens (including phenoxy) is 1. The summed E-state index contributed by atoms with van der Waals surface area (Å²) in [4.78, 5) is 39.4. The summed E-state index contributed by atoms with van der Waals surface area (Å²) < 4.78 is 18.4. The van der Waals surface area contributed by atoms with Gasteiger partial charge in [0.05, 0.1) is 23.9 Å². The lowest BCUT2D eigenvalue weighted by atomic mass is 10.2. The van der Waals surface area contributed by atoms with Crippen LogP contribution in [0.5, 0.6) is 0 Å². The molecule has 34 heavy (non-hydrogen) atoms. The molecular weight excluding hydrogens is 461 g/mol. The van der Waals surface area contributed by atoms with Crippen molar-refractivity contribution in [2.75, 3.05) is 23.8 Å². The first kappa shape index (κ1) is 23.3. The zero-order valence-corrected chi connectivity index (χ0v) is 19.1. The number of anilines is 2. The van der Waals surface area contributed by atoms with Crippen LogP contribution in [0.3, 0.4) is 0 Å². The van der Waals surface area contributed by atoms with Gasteiger partial charge in [-0.15, -0.1) is 10.2 Å². The van der Waals surface area contributed by atoms with Crippen LogP contribution in [0.4, 0.5) is 20.6 Å². The molecule has 1 aliphatic rings. The first-order valence-electron chi connectivity index (χ1n) is 10.7. The number of rotatable bonds is 6. The Morgan fingerprint density at radius 2 is 1.97 bits per heavy atom. The molecule has 1 saturated heterocycles. The number of hydrogen-bond acceptors (Lipinski definition) is 7. The van der Waals surface area contributed by atoms with Crippen LogP contribution in [0.1, 0.15) is 51.0 Å². The number of carbonyl (C=O) groups is 3. The summed E-state index contributed by atoms with van der Waals surface area (Å²) in [7, 11) is 0. The molecule has 3 aromatic rings. The largest absolute Gasteiger partial charge is 0.462 e. The van der Waals surface area contributed by atoms with Gasteiger partial charge in [-0.2, -0.15) is 0 Å². The van der Waals surface area contributed by atoms with Crippen molar-refractivity contribution in [2.45, 2.75) is 25.8 Å². The summed E-state index contributed by atoms with van der Waals surface area (Å²) in [6.07, 6.45) is 1.41. The summed E-state index contributed by atoms with van der Waals surface area (Å²) in [6.45, 7) is 2.42. The summed E-state index contributed by atoms with van der Waals surface area (Å²) >= 11 is 1.08. The number of likely N-dealkylation sites (tertiary alicyclic amines) is 1. The lowest BCUT2D eigenvalue weighted by molar-refractivity contribution is 0.0527. The molecular formula is C23H22FN5O4S. The van der Waals surface area contributed by atoms with Crippen molar-refractivity contribution in [3.8, 4) is 0 Å². The molecule has 9 nitrogen and oxygen atoms in total. The van der Waals surface area contributed by atoms with Crippen LogP contribution in [-0.4, -0.2) is 46.2 Å². The molecule has 0 radical (unpaired) electrons. The predicted molar refractivity (Wildman–Crippen MR) is 124 cm³/mol. The van der Waals surface area contributed by atoms with E-state index in [-0.39, 0.29) is 29.3 Å². The Kier molecular flexibility index (Phi) is 7.12. The van der Waals surface area contributed by atoms with E-state index in [1.54, 1.807) is 42.2 Å². The van der Waals surface area contributed by atoms with Crippen LogP contribution >= 0.6 is 11.3 Å². The first-order valence-corrected chi connectivity index (χ1v) is 11.5. The summed E-state index contributed by atoms with van der Waals surface area (Å²) in [5.41, 5.74) is 0.925. The van der Waals surface area contributed by atoms with Crippen LogP contribution in [0.25, 0.3) is 0 Å². The van der Waals surface area contributed by atoms with Crippen molar-refractivity contribution >= 4 is 40.6 Å². The molecule has 0 saturated carbocycles. The molecule has 2 N–H and O–H groups in total. The van der Waals surface area contributed by atoms with Crippen molar-refractivity contribution < 1.29 is 23.5 Å². The number of benzene rings is 2. The van der Waals surface area contributed by atoms with Gasteiger partial charge < -0.3 is 20.3 Å². The monoisotopic (exact) mass is 483 g/mol. The number of hydrogen-bond donors (Lipinski definition) is 2. The molecule has 2 heterocycles. The van der Waals surface area contributed by atoms with Crippen molar-refractivity contribution in [2.24, 2.45) is 0 Å². The van der Waals surface area contributed by atoms with Crippen LogP contribution in [0.2, 0.25) is 0 Å². The molecule has 1 fully saturated rings. The van der Waals surface area contributed by atoms with Crippen molar-refractivity contribution in [1.29, 1.82) is 0 Å². The molecule has 0 spiro atoms. The Bertz CT molecular complexity index is 1220. The third kappa shape index (κ3) is 5.20. The molecule has 0 aliphatic carbocycles. The number of esters is 1. The fourth-order valence-corrected chi connectivity index (χ4v) is 4.53. The topological polar surface area (TPSA) is 114 Å². The normalized spacial score (nSPS) is 15.1. The average molecular weight is 484 g/mol. The van der Waals surface area contributed by atoms with Crippen molar-refractivity contribution in [3.63, 3.8) is 0 Å². The van der Waals surface area contributed by atoms with E-state index < -0.39 is 17.7 Å². The molecule has 11 heteroatoms. The van der Waals surface area contributed by atoms with E-state index in [9.17, 15) is 18.8 Å². The van der Waals surface area contributed by atoms with E-state index in [0.717, 1.165) is 17.8 Å². The minimum atomic E-state index is -0.519. The highest BCUT2D eigenvalue weighted by molar-refractivity contribution is 7.13. The maximum Gasteiger partial charge on any atom is 0.340 e. The minimum absolute atomic E-state index is 0.110. The SMILES string of the molecule is CCOC(=O)c1ccccc1NC(=O)N1CCC[C@@H]1c1nnc(C(=O)Nc2cccc(F)c2)s1. The van der Waals surface area contributed by atoms with Gasteiger partial charge in [0.15, 0.2) is 0 Å². The van der Waals surface area contributed by atoms with E-state index in [2.05, 4.69) is 20.8 Å². The van der Waals surface area contributed by atoms with Crippen LogP contribution < -0.4 is 10.6 Å². The van der Waals surface area contributed by atoms with Gasteiger partial charge in [-0.05, 0) is 50.1 Å². The Balaban J connectivity index is 1.46. The highest BCUT2D eigenvalue weighted by atomic mass is 32.1. The summed E-state index contributed by atoms with van der Waals surface area (Å²) in [5, 5.41) is 14.1. The molecule has 4 rings (SSSR count). The zero-order valence-electron chi connectivity index (χ0n) is 18.3. The van der Waals surface area contributed by atoms with E-state index in [1.807, 2.05) is 0 Å². The Morgan fingerprint density at radius 1 is 1.15 bits per heavy atom. The predicted octanol–water partition coefficient (Wildman–Crippen LogP) is 4.48. The third-order valence-corrected chi connectivity index (χ3v) is 6.20. The standard InChI is InChI=1S/C23H22FN5O4S/c1-2-33-22(31)16-9-3-4-10-17(16)26-23(32)29-12-6-11-18(29)20-27-28-21(34-20)19(30)25-15-8-5-7-14(24)13-15/h3-5,7-10,13,18H,2,6,11-12H2,1H3,(H,25,30)(H,26,32)/t18-/m1/s1. The van der Waals surface area contributed by atoms with Gasteiger partial charge in [0.1, 0.15) is 10.8 Å². The zero-order chi connectivity index (χ0) is 24.1. The molecule has 0 unspecified atom stereocenters. The molecule has 2 aromatic carbocycles. The summed E-state index contributed by atoms with van der Waals surface area (Å²) in [6, 6.07) is 11.4. The number of para-hydroxylation sites is 1. The lowest BCUT2D eigenvalue weighted by Crippen LogP contribution is -2.34. The van der Waals surface area contributed by atoms with Crippen LogP contribution in [0, 0.1) is 5.82 Å². The molecule has 1 atom stereocenters. The van der Waals surface area contributed by atoms with E-state index in [4.69, 9.17) is 4.74 Å². The van der Waals surface area contributed by atoms with Crippen molar-refractivity contribution in [3.05, 3.63) is 69.9 Å². The van der Waals surface area contributed by atoms with E-state index in [1.165, 1.54) is 18.2 Å². The number of halogens is 1. The fraction of sp³-hybridized carbons (Fsp3) is 0.261. The van der Waals surface area contributed by atoms with Gasteiger partial charge >= 0.3 is 12.0 Å². The number of aromatic nitrogens is 2. The summed E-state index contributed by atoms with van der Waals surface area (Å²) in [5.74, 6) is -1.49. The van der Waals surface area contributed by atoms with Gasteiger partial charge in [-0.25, -0.2) is 14.0 Å². The number of urea groups is 1. The maximum absolute atomic E-state index is 13.4. The average Bonchev–Trinajstić information content (AvgIpc) is 3.49. The fourth-order valence-electron chi connectivity index (χ4n) is 3.64. The molecule has 1 aromatic heterocycles. The van der Waals surface area contributed by atoms with E-state index in [0.29, 0.717) is 29.3 Å². The molecule has 176 valence electrons. The highest BCUT2D eigenvalue weighted by Gasteiger charge is 2.33. The third-order valence-electron chi connectivity index (χ3n) is 5.18. The second-order valence-electron chi connectivity index (χ2n) is 7.46. The minimum Gasteiger partial charge on any atom is -0.462 e. The van der Waals surface area contributed by atoms with Gasteiger partial charge in [-0.1, -0.05) is 29.5 Å². The Labute approximate surface area is 198 Å². The smallest absolute Gasteiger partial charge is 0.340 e. The second-order valence-corrected chi connectivity index (χ2v) is 8.47. The Morgan fingerprint density at radius 3 is 2.76 bits per heavy atom. The molecule has 0 bridgehead atoms. The van der Waals surface area contributed by atoms with E-state index >= 15 is 0 Å².